The van der Waals surface area contributed by atoms with Crippen LogP contribution in [0.2, 0.25) is 0 Å². The van der Waals surface area contributed by atoms with E-state index in [0.717, 1.165) is 5.56 Å². The number of aryl methyl sites for hydroxylation is 1. The SMILES string of the molecule is COc1ccc([C@@H]2[C@@H](S(=O)(=O)c3ccc(C)cc3)[C@]2(CO)C(=O)O)cc1. The molecule has 2 aromatic rings. The number of methoxy groups -OCH3 is 1. The van der Waals surface area contributed by atoms with Crippen LogP contribution in [0.5, 0.6) is 5.75 Å². The highest BCUT2D eigenvalue weighted by molar-refractivity contribution is 7.92. The van der Waals surface area contributed by atoms with Crippen LogP contribution < -0.4 is 4.74 Å². The van der Waals surface area contributed by atoms with E-state index in [9.17, 15) is 23.4 Å². The van der Waals surface area contributed by atoms with E-state index in [1.165, 1.54) is 19.2 Å². The molecule has 26 heavy (non-hydrogen) atoms. The van der Waals surface area contributed by atoms with E-state index in [-0.39, 0.29) is 4.90 Å². The number of carboxylic acid groups (broad SMARTS) is 1. The van der Waals surface area contributed by atoms with Crippen molar-refractivity contribution in [2.24, 2.45) is 5.41 Å². The molecule has 1 aliphatic carbocycles. The van der Waals surface area contributed by atoms with Crippen LogP contribution in [0.15, 0.2) is 53.4 Å². The predicted octanol–water partition coefficient (Wildman–Crippen LogP) is 2.01. The molecule has 0 aromatic heterocycles. The Morgan fingerprint density at radius 1 is 1.12 bits per heavy atom. The van der Waals surface area contributed by atoms with Gasteiger partial charge in [0.2, 0.25) is 0 Å². The number of rotatable bonds is 6. The molecule has 0 amide bonds. The van der Waals surface area contributed by atoms with E-state index < -0.39 is 39.0 Å². The smallest absolute Gasteiger partial charge is 0.314 e. The lowest BCUT2D eigenvalue weighted by molar-refractivity contribution is -0.145. The summed E-state index contributed by atoms with van der Waals surface area (Å²) in [6.07, 6.45) is 0. The minimum Gasteiger partial charge on any atom is -0.497 e. The van der Waals surface area contributed by atoms with Crippen molar-refractivity contribution in [1.29, 1.82) is 0 Å². The maximum Gasteiger partial charge on any atom is 0.314 e. The van der Waals surface area contributed by atoms with E-state index in [0.29, 0.717) is 11.3 Å². The normalized spacial score (nSPS) is 24.9. The fourth-order valence-corrected chi connectivity index (χ4v) is 5.89. The Hall–Kier alpha value is -2.38. The molecule has 1 aliphatic rings. The summed E-state index contributed by atoms with van der Waals surface area (Å²) in [4.78, 5) is 12.0. The van der Waals surface area contributed by atoms with Crippen LogP contribution in [0, 0.1) is 12.3 Å². The number of benzene rings is 2. The number of ether oxygens (including phenoxy) is 1. The minimum atomic E-state index is -3.93. The van der Waals surface area contributed by atoms with Crippen molar-refractivity contribution < 1.29 is 28.2 Å². The largest absolute Gasteiger partial charge is 0.497 e. The summed E-state index contributed by atoms with van der Waals surface area (Å²) in [5, 5.41) is 18.3. The molecule has 0 saturated heterocycles. The van der Waals surface area contributed by atoms with Gasteiger partial charge in [-0.1, -0.05) is 29.8 Å². The van der Waals surface area contributed by atoms with Crippen molar-refractivity contribution in [1.82, 2.24) is 0 Å². The molecule has 3 atom stereocenters. The molecule has 1 saturated carbocycles. The molecular weight excluding hydrogens is 356 g/mol. The van der Waals surface area contributed by atoms with Gasteiger partial charge in [-0.3, -0.25) is 4.79 Å². The van der Waals surface area contributed by atoms with Gasteiger partial charge in [-0.25, -0.2) is 8.42 Å². The standard InChI is InChI=1S/C19H20O6S/c1-12-3-9-15(10-4-12)26(23,24)17-16(19(17,11-20)18(21)22)13-5-7-14(25-2)8-6-13/h3-10,16-17,20H,11H2,1-2H3,(H,21,22)/t16-,17-,19-/m1/s1. The monoisotopic (exact) mass is 376 g/mol. The van der Waals surface area contributed by atoms with Gasteiger partial charge >= 0.3 is 5.97 Å². The third kappa shape index (κ3) is 2.68. The number of sulfone groups is 1. The molecule has 1 fully saturated rings. The summed E-state index contributed by atoms with van der Waals surface area (Å²) in [6, 6.07) is 12.8. The van der Waals surface area contributed by atoms with Crippen LogP contribution in [0.25, 0.3) is 0 Å². The van der Waals surface area contributed by atoms with Gasteiger partial charge in [0.1, 0.15) is 11.2 Å². The minimum absolute atomic E-state index is 0.0585. The lowest BCUT2D eigenvalue weighted by atomic mass is 10.00. The van der Waals surface area contributed by atoms with Gasteiger partial charge in [0, 0.05) is 5.92 Å². The van der Waals surface area contributed by atoms with Gasteiger partial charge in [-0.2, -0.15) is 0 Å². The van der Waals surface area contributed by atoms with Crippen molar-refractivity contribution in [3.05, 3.63) is 59.7 Å². The van der Waals surface area contributed by atoms with Crippen LogP contribution >= 0.6 is 0 Å². The Balaban J connectivity index is 2.08. The number of carbonyl (C=O) groups is 1. The first kappa shape index (κ1) is 18.4. The number of aliphatic hydroxyl groups is 1. The maximum absolute atomic E-state index is 13.1. The molecule has 138 valence electrons. The van der Waals surface area contributed by atoms with Crippen LogP contribution in [0.3, 0.4) is 0 Å². The molecule has 0 bridgehead atoms. The first-order valence-electron chi connectivity index (χ1n) is 8.08. The highest BCUT2D eigenvalue weighted by Crippen LogP contribution is 2.64. The first-order chi connectivity index (χ1) is 12.3. The van der Waals surface area contributed by atoms with Crippen molar-refractivity contribution in [2.45, 2.75) is 23.0 Å². The highest BCUT2D eigenvalue weighted by atomic mass is 32.2. The van der Waals surface area contributed by atoms with Gasteiger partial charge in [0.25, 0.3) is 0 Å². The van der Waals surface area contributed by atoms with E-state index >= 15 is 0 Å². The van der Waals surface area contributed by atoms with Gasteiger partial charge in [0.05, 0.1) is 23.9 Å². The summed E-state index contributed by atoms with van der Waals surface area (Å²) in [5.74, 6) is -1.57. The fourth-order valence-electron chi connectivity index (χ4n) is 3.53. The number of hydrogen-bond acceptors (Lipinski definition) is 5. The second-order valence-electron chi connectivity index (χ2n) is 6.53. The Kier molecular flexibility index (Phi) is 4.54. The molecule has 7 heteroatoms. The molecule has 0 aliphatic heterocycles. The van der Waals surface area contributed by atoms with Gasteiger partial charge in [0.15, 0.2) is 9.84 Å². The average molecular weight is 376 g/mol. The van der Waals surface area contributed by atoms with Crippen LogP contribution in [-0.4, -0.2) is 43.6 Å². The number of aliphatic carboxylic acids is 1. The Morgan fingerprint density at radius 2 is 1.69 bits per heavy atom. The molecule has 2 aromatic carbocycles. The van der Waals surface area contributed by atoms with Gasteiger partial charge in [-0.05, 0) is 36.8 Å². The molecule has 0 radical (unpaired) electrons. The zero-order valence-electron chi connectivity index (χ0n) is 14.4. The summed E-state index contributed by atoms with van der Waals surface area (Å²) < 4.78 is 31.3. The molecule has 0 unspecified atom stereocenters. The zero-order valence-corrected chi connectivity index (χ0v) is 15.2. The maximum atomic E-state index is 13.1. The molecule has 2 N–H and O–H groups in total. The molecule has 3 rings (SSSR count). The fraction of sp³-hybridized carbons (Fsp3) is 0.316. The highest BCUT2D eigenvalue weighted by Gasteiger charge is 2.75. The van der Waals surface area contributed by atoms with Crippen molar-refractivity contribution in [3.63, 3.8) is 0 Å². The van der Waals surface area contributed by atoms with E-state index in [4.69, 9.17) is 4.74 Å². The van der Waals surface area contributed by atoms with Crippen LogP contribution in [0.1, 0.15) is 17.0 Å². The second-order valence-corrected chi connectivity index (χ2v) is 8.60. The lowest BCUT2D eigenvalue weighted by Crippen LogP contribution is -2.27. The predicted molar refractivity (Wildman–Crippen MR) is 95.0 cm³/mol. The number of aliphatic hydroxyl groups excluding tert-OH is 1. The van der Waals surface area contributed by atoms with Crippen LogP contribution in [-0.2, 0) is 14.6 Å². The van der Waals surface area contributed by atoms with Crippen molar-refractivity contribution in [3.8, 4) is 5.75 Å². The summed E-state index contributed by atoms with van der Waals surface area (Å²) >= 11 is 0. The molecule has 6 nitrogen and oxygen atoms in total. The third-order valence-corrected chi connectivity index (χ3v) is 7.37. The van der Waals surface area contributed by atoms with E-state index in [1.807, 2.05) is 6.92 Å². The zero-order chi connectivity index (χ0) is 19.1. The van der Waals surface area contributed by atoms with Crippen LogP contribution in [0.4, 0.5) is 0 Å². The Morgan fingerprint density at radius 3 is 2.15 bits per heavy atom. The second kappa shape index (κ2) is 6.41. The van der Waals surface area contributed by atoms with Gasteiger partial charge < -0.3 is 14.9 Å². The number of carboxylic acids is 1. The Bertz CT molecular complexity index is 918. The summed E-state index contributed by atoms with van der Waals surface area (Å²) in [6.45, 7) is 1.08. The van der Waals surface area contributed by atoms with Gasteiger partial charge in [-0.15, -0.1) is 0 Å². The molecule has 0 heterocycles. The number of hydrogen-bond donors (Lipinski definition) is 2. The summed E-state index contributed by atoms with van der Waals surface area (Å²) in [7, 11) is -2.43. The first-order valence-corrected chi connectivity index (χ1v) is 9.62. The average Bonchev–Trinajstić information content (AvgIpc) is 3.34. The lowest BCUT2D eigenvalue weighted by Gasteiger charge is -2.10. The topological polar surface area (TPSA) is 101 Å². The Labute approximate surface area is 152 Å². The molecular formula is C19H20O6S. The third-order valence-electron chi connectivity index (χ3n) is 5.07. The summed E-state index contributed by atoms with van der Waals surface area (Å²) in [5.41, 5.74) is -0.306. The van der Waals surface area contributed by atoms with Crippen molar-refractivity contribution in [2.75, 3.05) is 13.7 Å². The van der Waals surface area contributed by atoms with Crippen molar-refractivity contribution >= 4 is 15.8 Å². The quantitative estimate of drug-likeness (QED) is 0.800. The molecule has 0 spiro atoms. The van der Waals surface area contributed by atoms with E-state index in [1.54, 1.807) is 36.4 Å². The van der Waals surface area contributed by atoms with E-state index in [2.05, 4.69) is 0 Å².